The van der Waals surface area contributed by atoms with Gasteiger partial charge in [-0.1, -0.05) is 20.8 Å². The number of rotatable bonds is 1. The summed E-state index contributed by atoms with van der Waals surface area (Å²) in [6.07, 6.45) is 0. The Kier molecular flexibility index (Phi) is 2.30. The SMILES string of the molecule is [C]NCC(C)(C)C. The van der Waals surface area contributed by atoms with E-state index in [-0.39, 0.29) is 5.41 Å². The van der Waals surface area contributed by atoms with Crippen LogP contribution < -0.4 is 5.32 Å². The zero-order valence-electron chi connectivity index (χ0n) is 5.21. The molecule has 0 fully saturated rings. The van der Waals surface area contributed by atoms with Gasteiger partial charge in [-0.2, -0.15) is 0 Å². The van der Waals surface area contributed by atoms with Gasteiger partial charge >= 0.3 is 0 Å². The van der Waals surface area contributed by atoms with E-state index in [1.807, 2.05) is 0 Å². The maximum Gasteiger partial charge on any atom is 0.0851 e. The first-order valence-electron chi connectivity index (χ1n) is 2.46. The van der Waals surface area contributed by atoms with E-state index in [4.69, 9.17) is 7.05 Å². The predicted molar refractivity (Wildman–Crippen MR) is 30.7 cm³/mol. The van der Waals surface area contributed by atoms with Crippen molar-refractivity contribution in [3.05, 3.63) is 7.05 Å². The van der Waals surface area contributed by atoms with Crippen molar-refractivity contribution in [2.75, 3.05) is 6.54 Å². The quantitative estimate of drug-likeness (QED) is 0.519. The summed E-state index contributed by atoms with van der Waals surface area (Å²) in [6.45, 7) is 7.03. The zero-order valence-corrected chi connectivity index (χ0v) is 5.21. The minimum absolute atomic E-state index is 0.252. The van der Waals surface area contributed by atoms with E-state index in [9.17, 15) is 0 Å². The van der Waals surface area contributed by atoms with Gasteiger partial charge in [-0.3, -0.25) is 0 Å². The van der Waals surface area contributed by atoms with Gasteiger partial charge in [-0.05, 0) is 5.41 Å². The van der Waals surface area contributed by atoms with Crippen molar-refractivity contribution < 1.29 is 0 Å². The van der Waals surface area contributed by atoms with Crippen LogP contribution in [0.15, 0.2) is 0 Å². The Hall–Kier alpha value is -0.0400. The molecule has 0 aliphatic rings. The largest absolute Gasteiger partial charge is 0.306 e. The van der Waals surface area contributed by atoms with Crippen molar-refractivity contribution in [1.82, 2.24) is 5.32 Å². The third-order valence-corrected chi connectivity index (χ3v) is 0.619. The van der Waals surface area contributed by atoms with Gasteiger partial charge in [0, 0.05) is 6.54 Å². The van der Waals surface area contributed by atoms with Crippen LogP contribution in [0.5, 0.6) is 0 Å². The van der Waals surface area contributed by atoms with Gasteiger partial charge in [0.15, 0.2) is 0 Å². The first kappa shape index (κ1) is 6.96. The summed E-state index contributed by atoms with van der Waals surface area (Å²) in [6, 6.07) is 0. The van der Waals surface area contributed by atoms with Crippen molar-refractivity contribution in [3.8, 4) is 0 Å². The average Bonchev–Trinajstić information content (AvgIpc) is 1.30. The average molecular weight is 98.2 g/mol. The molecule has 1 heteroatoms. The minimum atomic E-state index is 0.252. The molecule has 1 nitrogen and oxygen atoms in total. The monoisotopic (exact) mass is 98.1 g/mol. The molecule has 1 N–H and O–H groups in total. The molecule has 0 aliphatic carbocycles. The summed E-state index contributed by atoms with van der Waals surface area (Å²) >= 11 is 0. The lowest BCUT2D eigenvalue weighted by Crippen LogP contribution is -2.21. The first-order chi connectivity index (χ1) is 3.06. The molecule has 0 aromatic rings. The Labute approximate surface area is 46.1 Å². The van der Waals surface area contributed by atoms with E-state index in [1.54, 1.807) is 0 Å². The molecule has 0 atom stereocenters. The normalized spacial score (nSPS) is 12.0. The van der Waals surface area contributed by atoms with Gasteiger partial charge in [-0.15, -0.1) is 0 Å². The van der Waals surface area contributed by atoms with Crippen LogP contribution in [0.2, 0.25) is 0 Å². The van der Waals surface area contributed by atoms with Crippen molar-refractivity contribution in [3.63, 3.8) is 0 Å². The van der Waals surface area contributed by atoms with E-state index in [0.29, 0.717) is 0 Å². The van der Waals surface area contributed by atoms with Gasteiger partial charge < -0.3 is 5.32 Å². The van der Waals surface area contributed by atoms with Crippen LogP contribution in [0, 0.1) is 12.5 Å². The molecular weight excluding hydrogens is 86.1 g/mol. The lowest BCUT2D eigenvalue weighted by molar-refractivity contribution is 0.401. The highest BCUT2D eigenvalue weighted by molar-refractivity contribution is 4.63. The second kappa shape index (κ2) is 2.31. The van der Waals surface area contributed by atoms with Gasteiger partial charge in [0.2, 0.25) is 0 Å². The van der Waals surface area contributed by atoms with Gasteiger partial charge in [0.25, 0.3) is 0 Å². The topological polar surface area (TPSA) is 12.0 Å². The summed E-state index contributed by atoms with van der Waals surface area (Å²) in [4.78, 5) is 0. The standard InChI is InChI=1S/C6H12N/c1-6(2,3)5-7-4/h7H,5H2,1-3H3. The molecule has 0 saturated heterocycles. The third kappa shape index (κ3) is 5.96. The van der Waals surface area contributed by atoms with E-state index in [2.05, 4.69) is 26.1 Å². The first-order valence-corrected chi connectivity index (χ1v) is 2.46. The van der Waals surface area contributed by atoms with Gasteiger partial charge in [0.05, 0.1) is 7.05 Å². The van der Waals surface area contributed by atoms with E-state index in [0.717, 1.165) is 6.54 Å². The molecule has 0 unspecified atom stereocenters. The summed E-state index contributed by atoms with van der Waals surface area (Å²) in [5.41, 5.74) is 0.252. The fourth-order valence-electron chi connectivity index (χ4n) is 0.265. The molecule has 0 aliphatic heterocycles. The lowest BCUT2D eigenvalue weighted by atomic mass is 9.97. The van der Waals surface area contributed by atoms with Crippen LogP contribution in [0.25, 0.3) is 0 Å². The van der Waals surface area contributed by atoms with Crippen LogP contribution in [0.3, 0.4) is 0 Å². The molecule has 0 rings (SSSR count). The van der Waals surface area contributed by atoms with Gasteiger partial charge in [-0.25, -0.2) is 0 Å². The van der Waals surface area contributed by atoms with Crippen LogP contribution in [0.4, 0.5) is 0 Å². The summed E-state index contributed by atoms with van der Waals surface area (Å²) in [7, 11) is 6.61. The number of nitrogens with one attached hydrogen (secondary N) is 1. The fraction of sp³-hybridized carbons (Fsp3) is 0.833. The van der Waals surface area contributed by atoms with Crippen molar-refractivity contribution in [2.24, 2.45) is 5.41 Å². The smallest absolute Gasteiger partial charge is 0.0851 e. The Morgan fingerprint density at radius 2 is 1.86 bits per heavy atom. The molecule has 0 spiro atoms. The highest BCUT2D eigenvalue weighted by atomic mass is 14.8. The molecule has 3 radical (unpaired) electrons. The third-order valence-electron chi connectivity index (χ3n) is 0.619. The Balaban J connectivity index is 3.15. The zero-order chi connectivity index (χ0) is 5.91. The molecule has 0 aromatic carbocycles. The second-order valence-electron chi connectivity index (χ2n) is 2.91. The highest BCUT2D eigenvalue weighted by Gasteiger charge is 2.06. The molecule has 0 amide bonds. The van der Waals surface area contributed by atoms with Crippen LogP contribution in [-0.4, -0.2) is 6.54 Å². The maximum absolute atomic E-state index is 6.61. The second-order valence-corrected chi connectivity index (χ2v) is 2.91. The molecule has 41 valence electrons. The summed E-state index contributed by atoms with van der Waals surface area (Å²) < 4.78 is 0. The molecule has 7 heavy (non-hydrogen) atoms. The Morgan fingerprint density at radius 1 is 1.43 bits per heavy atom. The number of hydrogen-bond acceptors (Lipinski definition) is 1. The predicted octanol–water partition coefficient (Wildman–Crippen LogP) is 1.17. The number of hydrogen-bond donors (Lipinski definition) is 1. The highest BCUT2D eigenvalue weighted by Crippen LogP contribution is 2.09. The van der Waals surface area contributed by atoms with E-state index in [1.165, 1.54) is 0 Å². The maximum atomic E-state index is 6.61. The summed E-state index contributed by atoms with van der Waals surface area (Å²) in [5, 5.41) is 2.36. The fourth-order valence-corrected chi connectivity index (χ4v) is 0.265. The molecular formula is C6H12N. The molecule has 0 saturated carbocycles. The van der Waals surface area contributed by atoms with Crippen LogP contribution in [0.1, 0.15) is 20.8 Å². The molecule has 0 bridgehead atoms. The molecule has 0 heterocycles. The van der Waals surface area contributed by atoms with E-state index >= 15 is 0 Å². The van der Waals surface area contributed by atoms with Crippen molar-refractivity contribution in [1.29, 1.82) is 0 Å². The summed E-state index contributed by atoms with van der Waals surface area (Å²) in [5.74, 6) is 0. The Morgan fingerprint density at radius 3 is 1.86 bits per heavy atom. The minimum Gasteiger partial charge on any atom is -0.306 e. The molecule has 0 aromatic heterocycles. The Bertz CT molecular complexity index is 42.6. The van der Waals surface area contributed by atoms with Crippen molar-refractivity contribution >= 4 is 0 Å². The van der Waals surface area contributed by atoms with Crippen LogP contribution >= 0.6 is 0 Å². The van der Waals surface area contributed by atoms with Crippen LogP contribution in [-0.2, 0) is 0 Å². The van der Waals surface area contributed by atoms with E-state index < -0.39 is 0 Å². The van der Waals surface area contributed by atoms with Crippen molar-refractivity contribution in [2.45, 2.75) is 20.8 Å². The lowest BCUT2D eigenvalue weighted by Gasteiger charge is -2.15. The van der Waals surface area contributed by atoms with Gasteiger partial charge in [0.1, 0.15) is 0 Å².